The van der Waals surface area contributed by atoms with Gasteiger partial charge in [-0.25, -0.2) is 9.36 Å². The molecule has 1 aliphatic heterocycles. The van der Waals surface area contributed by atoms with Crippen LogP contribution in [0.25, 0.3) is 5.69 Å². The van der Waals surface area contributed by atoms with Crippen LogP contribution in [0.4, 0.5) is 5.69 Å². The lowest BCUT2D eigenvalue weighted by Gasteiger charge is -2.21. The van der Waals surface area contributed by atoms with Crippen LogP contribution >= 0.6 is 15.9 Å². The summed E-state index contributed by atoms with van der Waals surface area (Å²) in [6.45, 7) is 3.84. The third-order valence-electron chi connectivity index (χ3n) is 6.03. The summed E-state index contributed by atoms with van der Waals surface area (Å²) in [6.07, 6.45) is 0.382. The SMILES string of the molecule is COc1cccc2c1Oc1c(c(=O)n(-c3ccc(C)cc3C)n1CC(=O)Nc1ccc(Br)cc1)C2. The molecule has 35 heavy (non-hydrogen) atoms. The Labute approximate surface area is 211 Å². The van der Waals surface area contributed by atoms with Gasteiger partial charge in [-0.2, -0.15) is 0 Å². The van der Waals surface area contributed by atoms with Gasteiger partial charge in [0.2, 0.25) is 11.8 Å². The lowest BCUT2D eigenvalue weighted by molar-refractivity contribution is -0.117. The molecular formula is C27H24BrN3O4. The number of rotatable bonds is 5. The number of ether oxygens (including phenoxy) is 2. The average Bonchev–Trinajstić information content (AvgIpc) is 3.09. The number of nitrogens with one attached hydrogen (secondary N) is 1. The van der Waals surface area contributed by atoms with Gasteiger partial charge >= 0.3 is 0 Å². The quantitative estimate of drug-likeness (QED) is 0.330. The van der Waals surface area contributed by atoms with Crippen LogP contribution in [0.5, 0.6) is 17.4 Å². The Morgan fingerprint density at radius 1 is 1.11 bits per heavy atom. The summed E-state index contributed by atoms with van der Waals surface area (Å²) >= 11 is 3.40. The number of hydrogen-bond donors (Lipinski definition) is 1. The molecule has 2 heterocycles. The van der Waals surface area contributed by atoms with Crippen LogP contribution in [0.2, 0.25) is 0 Å². The molecule has 0 saturated heterocycles. The van der Waals surface area contributed by atoms with E-state index in [2.05, 4.69) is 21.2 Å². The summed E-state index contributed by atoms with van der Waals surface area (Å²) in [4.78, 5) is 26.8. The summed E-state index contributed by atoms with van der Waals surface area (Å²) in [5.74, 6) is 1.20. The van der Waals surface area contributed by atoms with Crippen LogP contribution in [0.3, 0.4) is 0 Å². The van der Waals surface area contributed by atoms with E-state index in [4.69, 9.17) is 9.47 Å². The number of halogens is 1. The number of methoxy groups -OCH3 is 1. The zero-order valence-electron chi connectivity index (χ0n) is 19.6. The van der Waals surface area contributed by atoms with Crippen molar-refractivity contribution in [1.82, 2.24) is 9.36 Å². The standard InChI is InChI=1S/C27H24BrN3O4/c1-16-7-12-22(17(2)13-16)31-26(33)21-14-18-5-4-6-23(34-3)25(18)35-27(21)30(31)15-24(32)29-20-10-8-19(28)9-11-20/h4-13H,14-15H2,1-3H3,(H,29,32). The lowest BCUT2D eigenvalue weighted by Crippen LogP contribution is -2.28. The summed E-state index contributed by atoms with van der Waals surface area (Å²) in [5, 5.41) is 2.90. The topological polar surface area (TPSA) is 74.5 Å². The average molecular weight is 534 g/mol. The number of para-hydroxylation sites is 1. The Balaban J connectivity index is 1.62. The highest BCUT2D eigenvalue weighted by Crippen LogP contribution is 2.42. The van der Waals surface area contributed by atoms with Gasteiger partial charge in [-0.05, 0) is 55.8 Å². The summed E-state index contributed by atoms with van der Waals surface area (Å²) in [6, 6.07) is 18.8. The Hall–Kier alpha value is -3.78. The van der Waals surface area contributed by atoms with Gasteiger partial charge in [-0.3, -0.25) is 9.59 Å². The van der Waals surface area contributed by atoms with Gasteiger partial charge in [0.05, 0.1) is 18.4 Å². The molecule has 0 radical (unpaired) electrons. The molecule has 1 amide bonds. The molecule has 0 atom stereocenters. The van der Waals surface area contributed by atoms with E-state index in [1.54, 1.807) is 16.5 Å². The molecule has 0 spiro atoms. The van der Waals surface area contributed by atoms with Crippen molar-refractivity contribution < 1.29 is 14.3 Å². The molecule has 178 valence electrons. The van der Waals surface area contributed by atoms with E-state index in [0.29, 0.717) is 40.7 Å². The lowest BCUT2D eigenvalue weighted by atomic mass is 10.0. The predicted molar refractivity (Wildman–Crippen MR) is 138 cm³/mol. The van der Waals surface area contributed by atoms with E-state index < -0.39 is 0 Å². The van der Waals surface area contributed by atoms with Crippen molar-refractivity contribution in [1.29, 1.82) is 0 Å². The van der Waals surface area contributed by atoms with Crippen molar-refractivity contribution in [2.24, 2.45) is 0 Å². The number of fused-ring (bicyclic) bond motifs is 2. The summed E-state index contributed by atoms with van der Waals surface area (Å²) < 4.78 is 15.8. The third kappa shape index (κ3) is 4.25. The number of benzene rings is 3. The van der Waals surface area contributed by atoms with E-state index in [-0.39, 0.29) is 18.0 Å². The van der Waals surface area contributed by atoms with E-state index >= 15 is 0 Å². The molecule has 5 rings (SSSR count). The highest BCUT2D eigenvalue weighted by Gasteiger charge is 2.31. The highest BCUT2D eigenvalue weighted by molar-refractivity contribution is 9.10. The molecule has 1 aliphatic rings. The van der Waals surface area contributed by atoms with Crippen molar-refractivity contribution >= 4 is 27.5 Å². The Morgan fingerprint density at radius 3 is 2.60 bits per heavy atom. The van der Waals surface area contributed by atoms with E-state index in [1.807, 2.05) is 74.5 Å². The molecule has 0 unspecified atom stereocenters. The fourth-order valence-corrected chi connectivity index (χ4v) is 4.66. The Bertz CT molecular complexity index is 1500. The van der Waals surface area contributed by atoms with Crippen LogP contribution in [0.1, 0.15) is 22.3 Å². The van der Waals surface area contributed by atoms with Crippen LogP contribution < -0.4 is 20.3 Å². The maximum absolute atomic E-state index is 13.7. The maximum atomic E-state index is 13.7. The Kier molecular flexibility index (Phi) is 5.98. The second kappa shape index (κ2) is 9.11. The molecule has 3 aromatic carbocycles. The van der Waals surface area contributed by atoms with Gasteiger partial charge in [0.25, 0.3) is 5.56 Å². The summed E-state index contributed by atoms with van der Waals surface area (Å²) in [7, 11) is 1.58. The molecule has 0 saturated carbocycles. The second-order valence-corrected chi connectivity index (χ2v) is 9.45. The normalized spacial score (nSPS) is 11.9. The predicted octanol–water partition coefficient (Wildman–Crippen LogP) is 5.36. The molecule has 0 fully saturated rings. The zero-order chi connectivity index (χ0) is 24.7. The van der Waals surface area contributed by atoms with Gasteiger partial charge in [-0.15, -0.1) is 0 Å². The smallest absolute Gasteiger partial charge is 0.278 e. The minimum Gasteiger partial charge on any atom is -0.493 e. The van der Waals surface area contributed by atoms with Crippen LogP contribution in [0, 0.1) is 13.8 Å². The molecule has 1 N–H and O–H groups in total. The van der Waals surface area contributed by atoms with Crippen LogP contribution in [0.15, 0.2) is 69.9 Å². The zero-order valence-corrected chi connectivity index (χ0v) is 21.2. The van der Waals surface area contributed by atoms with E-state index in [9.17, 15) is 9.59 Å². The van der Waals surface area contributed by atoms with Gasteiger partial charge < -0.3 is 14.8 Å². The van der Waals surface area contributed by atoms with Crippen molar-refractivity contribution in [3.63, 3.8) is 0 Å². The number of aromatic nitrogens is 2. The first-order valence-electron chi connectivity index (χ1n) is 11.2. The molecule has 1 aromatic heterocycles. The monoisotopic (exact) mass is 533 g/mol. The number of carbonyl (C=O) groups excluding carboxylic acids is 1. The maximum Gasteiger partial charge on any atom is 0.278 e. The first-order chi connectivity index (χ1) is 16.9. The molecule has 0 aliphatic carbocycles. The van der Waals surface area contributed by atoms with E-state index in [0.717, 1.165) is 21.2 Å². The number of nitrogens with zero attached hydrogens (tertiary/aromatic N) is 2. The van der Waals surface area contributed by atoms with Crippen molar-refractivity contribution in [2.45, 2.75) is 26.8 Å². The minimum absolute atomic E-state index is 0.113. The minimum atomic E-state index is -0.280. The fourth-order valence-electron chi connectivity index (χ4n) is 4.40. The third-order valence-corrected chi connectivity index (χ3v) is 6.56. The fraction of sp³-hybridized carbons (Fsp3) is 0.185. The largest absolute Gasteiger partial charge is 0.493 e. The Morgan fingerprint density at radius 2 is 1.89 bits per heavy atom. The van der Waals surface area contributed by atoms with Crippen molar-refractivity contribution in [3.05, 3.63) is 97.7 Å². The molecule has 8 heteroatoms. The highest BCUT2D eigenvalue weighted by atomic mass is 79.9. The number of amides is 1. The van der Waals surface area contributed by atoms with Gasteiger partial charge in [0.15, 0.2) is 11.5 Å². The molecule has 4 aromatic rings. The van der Waals surface area contributed by atoms with Gasteiger partial charge in [0.1, 0.15) is 6.54 Å². The van der Waals surface area contributed by atoms with Gasteiger partial charge in [0, 0.05) is 22.1 Å². The number of hydrogen-bond acceptors (Lipinski definition) is 4. The molecular weight excluding hydrogens is 510 g/mol. The first-order valence-corrected chi connectivity index (χ1v) is 12.0. The number of anilines is 1. The van der Waals surface area contributed by atoms with Crippen molar-refractivity contribution in [2.75, 3.05) is 12.4 Å². The van der Waals surface area contributed by atoms with Crippen LogP contribution in [-0.4, -0.2) is 22.4 Å². The molecule has 0 bridgehead atoms. The summed E-state index contributed by atoms with van der Waals surface area (Å²) in [5.41, 5.74) is 4.52. The second-order valence-electron chi connectivity index (χ2n) is 8.53. The number of carbonyl (C=O) groups is 1. The molecule has 7 nitrogen and oxygen atoms in total. The van der Waals surface area contributed by atoms with Gasteiger partial charge in [-0.1, -0.05) is 45.8 Å². The number of aryl methyl sites for hydroxylation is 2. The first kappa shape index (κ1) is 23.0. The van der Waals surface area contributed by atoms with E-state index in [1.165, 1.54) is 0 Å². The van der Waals surface area contributed by atoms with Crippen molar-refractivity contribution in [3.8, 4) is 23.1 Å². The van der Waals surface area contributed by atoms with Crippen LogP contribution in [-0.2, 0) is 17.8 Å².